The molecule has 0 spiro atoms. The molecule has 1 aliphatic heterocycles. The second kappa shape index (κ2) is 5.66. The van der Waals surface area contributed by atoms with Crippen LogP contribution in [0.1, 0.15) is 10.4 Å². The third-order valence-electron chi connectivity index (χ3n) is 3.39. The van der Waals surface area contributed by atoms with Crippen molar-refractivity contribution in [3.8, 4) is 11.5 Å². The van der Waals surface area contributed by atoms with E-state index in [-0.39, 0.29) is 23.9 Å². The van der Waals surface area contributed by atoms with Crippen molar-refractivity contribution in [2.45, 2.75) is 5.38 Å². The third kappa shape index (κ3) is 2.81. The number of alkyl halides is 1. The summed E-state index contributed by atoms with van der Waals surface area (Å²) in [5.41, 5.74) is 6.66. The Hall–Kier alpha value is -2.20. The van der Waals surface area contributed by atoms with Crippen molar-refractivity contribution in [3.63, 3.8) is 0 Å². The van der Waals surface area contributed by atoms with Crippen molar-refractivity contribution in [3.05, 3.63) is 54.2 Å². The smallest absolute Gasteiger partial charge is 0.231 e. The molecule has 0 saturated heterocycles. The number of nitrogen functional groups attached to an aromatic ring is 1. The van der Waals surface area contributed by atoms with E-state index < -0.39 is 0 Å². The summed E-state index contributed by atoms with van der Waals surface area (Å²) in [6.45, 7) is 0.148. The lowest BCUT2D eigenvalue weighted by Crippen LogP contribution is -2.10. The number of ketones is 1. The number of fused-ring (bicyclic) bond motifs is 1. The maximum absolute atomic E-state index is 12.3. The Morgan fingerprint density at radius 2 is 1.95 bits per heavy atom. The van der Waals surface area contributed by atoms with Gasteiger partial charge in [0.05, 0.1) is 5.38 Å². The summed E-state index contributed by atoms with van der Waals surface area (Å²) in [7, 11) is 0. The number of rotatable bonds is 3. The molecule has 0 aromatic heterocycles. The number of anilines is 1. The second-order valence-corrected chi connectivity index (χ2v) is 5.31. The zero-order valence-electron chi connectivity index (χ0n) is 11.2. The van der Waals surface area contributed by atoms with Crippen LogP contribution >= 0.6 is 11.6 Å². The van der Waals surface area contributed by atoms with Gasteiger partial charge < -0.3 is 15.2 Å². The van der Waals surface area contributed by atoms with Gasteiger partial charge in [-0.1, -0.05) is 30.4 Å². The van der Waals surface area contributed by atoms with Gasteiger partial charge in [-0.15, -0.1) is 11.6 Å². The maximum Gasteiger partial charge on any atom is 0.231 e. The van der Waals surface area contributed by atoms with E-state index in [1.807, 2.05) is 24.3 Å². The number of carbonyl (C=O) groups excluding carboxylic acids is 1. The average Bonchev–Trinajstić information content (AvgIpc) is 2.92. The third-order valence-corrected chi connectivity index (χ3v) is 3.82. The molecular formula is C16H14ClNO3. The van der Waals surface area contributed by atoms with Crippen molar-refractivity contribution in [2.75, 3.05) is 12.5 Å². The SMILES string of the molecule is Nc1cc2c(cc1C(=O)C=CC1C=CC=CC1Cl)OCO2. The van der Waals surface area contributed by atoms with Crippen LogP contribution in [0.4, 0.5) is 5.69 Å². The molecule has 2 aliphatic rings. The Kier molecular flexibility index (Phi) is 3.71. The van der Waals surface area contributed by atoms with E-state index in [0.717, 1.165) is 0 Å². The summed E-state index contributed by atoms with van der Waals surface area (Å²) in [6, 6.07) is 3.22. The minimum atomic E-state index is -0.183. The molecule has 5 heteroatoms. The van der Waals surface area contributed by atoms with Crippen LogP contribution in [0.2, 0.25) is 0 Å². The topological polar surface area (TPSA) is 61.6 Å². The van der Waals surface area contributed by atoms with Crippen molar-refractivity contribution in [1.82, 2.24) is 0 Å². The van der Waals surface area contributed by atoms with Gasteiger partial charge in [-0.2, -0.15) is 0 Å². The second-order valence-electron chi connectivity index (χ2n) is 4.81. The van der Waals surface area contributed by atoms with Crippen LogP contribution in [0, 0.1) is 5.92 Å². The first-order valence-corrected chi connectivity index (χ1v) is 6.99. The molecule has 2 N–H and O–H groups in total. The van der Waals surface area contributed by atoms with E-state index in [1.54, 1.807) is 18.2 Å². The fraction of sp³-hybridized carbons (Fsp3) is 0.188. The molecule has 1 heterocycles. The maximum atomic E-state index is 12.3. The summed E-state index contributed by atoms with van der Waals surface area (Å²) >= 11 is 6.16. The predicted octanol–water partition coefficient (Wildman–Crippen LogP) is 3.09. The average molecular weight is 304 g/mol. The number of carbonyl (C=O) groups is 1. The van der Waals surface area contributed by atoms with Gasteiger partial charge in [-0.05, 0) is 12.1 Å². The van der Waals surface area contributed by atoms with Crippen LogP contribution in [-0.4, -0.2) is 18.0 Å². The van der Waals surface area contributed by atoms with Crippen molar-refractivity contribution >= 4 is 23.1 Å². The number of halogens is 1. The fourth-order valence-corrected chi connectivity index (χ4v) is 2.48. The van der Waals surface area contributed by atoms with Gasteiger partial charge in [0.15, 0.2) is 17.3 Å². The first kappa shape index (κ1) is 13.8. The number of hydrogen-bond donors (Lipinski definition) is 1. The zero-order valence-corrected chi connectivity index (χ0v) is 11.9. The van der Waals surface area contributed by atoms with Crippen molar-refractivity contribution in [1.29, 1.82) is 0 Å². The largest absolute Gasteiger partial charge is 0.454 e. The predicted molar refractivity (Wildman–Crippen MR) is 81.9 cm³/mol. The minimum absolute atomic E-state index is 0.00384. The number of benzene rings is 1. The summed E-state index contributed by atoms with van der Waals surface area (Å²) in [4.78, 5) is 12.3. The van der Waals surface area contributed by atoms with Crippen LogP contribution in [0.5, 0.6) is 11.5 Å². The monoisotopic (exact) mass is 303 g/mol. The van der Waals surface area contributed by atoms with Crippen LogP contribution in [-0.2, 0) is 0 Å². The summed E-state index contributed by atoms with van der Waals surface area (Å²) in [5, 5.41) is -0.145. The highest BCUT2D eigenvalue weighted by Gasteiger charge is 2.19. The molecule has 4 nitrogen and oxygen atoms in total. The van der Waals surface area contributed by atoms with Gasteiger partial charge in [0.2, 0.25) is 6.79 Å². The lowest BCUT2D eigenvalue weighted by atomic mass is 9.98. The molecule has 0 radical (unpaired) electrons. The van der Waals surface area contributed by atoms with Gasteiger partial charge in [-0.3, -0.25) is 4.79 Å². The van der Waals surface area contributed by atoms with E-state index in [2.05, 4.69) is 0 Å². The van der Waals surface area contributed by atoms with Gasteiger partial charge >= 0.3 is 0 Å². The first-order chi connectivity index (χ1) is 10.1. The molecule has 3 rings (SSSR count). The Morgan fingerprint density at radius 1 is 1.24 bits per heavy atom. The van der Waals surface area contributed by atoms with Gasteiger partial charge in [0.25, 0.3) is 0 Å². The van der Waals surface area contributed by atoms with Gasteiger partial charge in [-0.25, -0.2) is 0 Å². The quantitative estimate of drug-likeness (QED) is 0.403. The van der Waals surface area contributed by atoms with E-state index in [9.17, 15) is 4.79 Å². The minimum Gasteiger partial charge on any atom is -0.454 e. The molecule has 0 amide bonds. The summed E-state index contributed by atoms with van der Waals surface area (Å²) in [6.07, 6.45) is 10.9. The zero-order chi connectivity index (χ0) is 14.8. The molecule has 2 atom stereocenters. The van der Waals surface area contributed by atoms with Crippen molar-refractivity contribution < 1.29 is 14.3 Å². The van der Waals surface area contributed by atoms with Crippen molar-refractivity contribution in [2.24, 2.45) is 5.92 Å². The molecule has 21 heavy (non-hydrogen) atoms. The summed E-state index contributed by atoms with van der Waals surface area (Å²) in [5.74, 6) is 0.916. The lowest BCUT2D eigenvalue weighted by molar-refractivity contribution is 0.104. The van der Waals surface area contributed by atoms with Crippen LogP contribution in [0.15, 0.2) is 48.6 Å². The fourth-order valence-electron chi connectivity index (χ4n) is 2.23. The molecule has 1 aromatic rings. The highest BCUT2D eigenvalue weighted by molar-refractivity contribution is 6.22. The molecule has 108 valence electrons. The molecule has 1 aliphatic carbocycles. The lowest BCUT2D eigenvalue weighted by Gasteiger charge is -2.14. The van der Waals surface area contributed by atoms with Gasteiger partial charge in [0.1, 0.15) is 0 Å². The van der Waals surface area contributed by atoms with Gasteiger partial charge in [0, 0.05) is 23.2 Å². The standard InChI is InChI=1S/C16H14ClNO3/c17-12-4-2-1-3-10(12)5-6-14(19)11-7-15-16(8-13(11)18)21-9-20-15/h1-8,10,12H,9,18H2. The Bertz CT molecular complexity index is 664. The number of ether oxygens (including phenoxy) is 2. The molecule has 0 saturated carbocycles. The highest BCUT2D eigenvalue weighted by Crippen LogP contribution is 2.36. The van der Waals surface area contributed by atoms with Crippen LogP contribution in [0.3, 0.4) is 0 Å². The number of nitrogens with two attached hydrogens (primary N) is 1. The number of hydrogen-bond acceptors (Lipinski definition) is 4. The Labute approximate surface area is 127 Å². The summed E-state index contributed by atoms with van der Waals surface area (Å²) < 4.78 is 10.5. The first-order valence-electron chi connectivity index (χ1n) is 6.56. The molecule has 2 unspecified atom stereocenters. The molecule has 0 fully saturated rings. The highest BCUT2D eigenvalue weighted by atomic mass is 35.5. The van der Waals surface area contributed by atoms with E-state index in [4.69, 9.17) is 26.8 Å². The Balaban J connectivity index is 1.80. The number of allylic oxidation sites excluding steroid dienone is 6. The Morgan fingerprint density at radius 3 is 2.71 bits per heavy atom. The molecule has 0 bridgehead atoms. The molecular weight excluding hydrogens is 290 g/mol. The normalized spacial score (nSPS) is 22.9. The van der Waals surface area contributed by atoms with Crippen LogP contribution in [0.25, 0.3) is 0 Å². The van der Waals surface area contributed by atoms with E-state index >= 15 is 0 Å². The van der Waals surface area contributed by atoms with Crippen LogP contribution < -0.4 is 15.2 Å². The molecule has 1 aromatic carbocycles. The van der Waals surface area contributed by atoms with E-state index in [0.29, 0.717) is 22.7 Å². The van der Waals surface area contributed by atoms with E-state index in [1.165, 1.54) is 6.08 Å².